The molecular formula is C19H18F6N4OS. The smallest absolute Gasteiger partial charge is 0.397 e. The van der Waals surface area contributed by atoms with Gasteiger partial charge in [-0.15, -0.1) is 0 Å². The summed E-state index contributed by atoms with van der Waals surface area (Å²) in [5.41, 5.74) is 5.80. The lowest BCUT2D eigenvalue weighted by Gasteiger charge is -2.23. The molecule has 0 saturated carbocycles. The molecule has 0 aliphatic rings. The van der Waals surface area contributed by atoms with Crippen molar-refractivity contribution in [2.24, 2.45) is 0 Å². The van der Waals surface area contributed by atoms with E-state index in [4.69, 9.17) is 18.0 Å². The van der Waals surface area contributed by atoms with Crippen molar-refractivity contribution >= 4 is 34.6 Å². The van der Waals surface area contributed by atoms with E-state index in [0.29, 0.717) is 11.4 Å². The minimum atomic E-state index is -5.07. The van der Waals surface area contributed by atoms with Gasteiger partial charge in [0.2, 0.25) is 0 Å². The molecule has 0 fully saturated rings. The largest absolute Gasteiger partial charge is 0.471 e. The maximum absolute atomic E-state index is 13.1. The van der Waals surface area contributed by atoms with Crippen LogP contribution in [0.3, 0.4) is 0 Å². The van der Waals surface area contributed by atoms with Gasteiger partial charge in [0.15, 0.2) is 5.11 Å². The van der Waals surface area contributed by atoms with E-state index in [1.54, 1.807) is 29.6 Å². The number of alkyl halides is 6. The zero-order valence-corrected chi connectivity index (χ0v) is 16.6. The zero-order valence-electron chi connectivity index (χ0n) is 15.8. The van der Waals surface area contributed by atoms with Gasteiger partial charge in [0.05, 0.1) is 23.0 Å². The highest BCUT2D eigenvalue weighted by atomic mass is 32.1. The molecule has 0 aliphatic heterocycles. The Morgan fingerprint density at radius 3 is 2.32 bits per heavy atom. The van der Waals surface area contributed by atoms with Gasteiger partial charge in [0.1, 0.15) is 0 Å². The minimum Gasteiger partial charge on any atom is -0.397 e. The van der Waals surface area contributed by atoms with E-state index in [-0.39, 0.29) is 17.1 Å². The average Bonchev–Trinajstić information content (AvgIpc) is 2.67. The van der Waals surface area contributed by atoms with Gasteiger partial charge in [0, 0.05) is 6.54 Å². The van der Waals surface area contributed by atoms with Crippen LogP contribution in [0, 0.1) is 0 Å². The molecule has 0 radical (unpaired) electrons. The van der Waals surface area contributed by atoms with E-state index in [1.807, 2.05) is 0 Å². The first kappa shape index (κ1) is 24.3. The van der Waals surface area contributed by atoms with Crippen molar-refractivity contribution in [3.05, 3.63) is 59.7 Å². The van der Waals surface area contributed by atoms with Crippen LogP contribution < -0.4 is 21.7 Å². The monoisotopic (exact) mass is 464 g/mol. The number of hydrogen-bond donors (Lipinski definition) is 4. The van der Waals surface area contributed by atoms with Gasteiger partial charge in [-0.1, -0.05) is 24.3 Å². The molecule has 2 rings (SSSR count). The molecule has 1 atom stereocenters. The van der Waals surface area contributed by atoms with Gasteiger partial charge in [-0.25, -0.2) is 0 Å². The Balaban J connectivity index is 2.18. The second kappa shape index (κ2) is 9.86. The van der Waals surface area contributed by atoms with Crippen LogP contribution in [0.4, 0.5) is 37.7 Å². The summed E-state index contributed by atoms with van der Waals surface area (Å²) in [7, 11) is 0. The van der Waals surface area contributed by atoms with Crippen molar-refractivity contribution in [2.75, 3.05) is 17.6 Å². The van der Waals surface area contributed by atoms with Crippen LogP contribution in [0.25, 0.3) is 0 Å². The normalized spacial score (nSPS) is 12.7. The van der Waals surface area contributed by atoms with E-state index in [9.17, 15) is 31.1 Å². The summed E-state index contributed by atoms with van der Waals surface area (Å²) >= 11 is 5.17. The van der Waals surface area contributed by atoms with Gasteiger partial charge in [-0.3, -0.25) is 4.79 Å². The molecule has 0 aromatic heterocycles. The Kier molecular flexibility index (Phi) is 7.71. The van der Waals surface area contributed by atoms with Crippen molar-refractivity contribution in [1.29, 1.82) is 0 Å². The number of halogens is 6. The fraction of sp³-hybridized carbons (Fsp3) is 0.263. The number of amides is 1. The van der Waals surface area contributed by atoms with Crippen molar-refractivity contribution in [3.63, 3.8) is 0 Å². The van der Waals surface area contributed by atoms with Crippen molar-refractivity contribution in [2.45, 2.75) is 24.8 Å². The quantitative estimate of drug-likeness (QED) is 0.290. The van der Waals surface area contributed by atoms with Crippen LogP contribution in [-0.2, 0) is 11.0 Å². The summed E-state index contributed by atoms with van der Waals surface area (Å²) in [4.78, 5) is 11.0. The number of thiocarbonyl (C=S) groups is 1. The fourth-order valence-corrected chi connectivity index (χ4v) is 2.86. The van der Waals surface area contributed by atoms with Crippen molar-refractivity contribution in [1.82, 2.24) is 10.6 Å². The number of hydrogen-bond acceptors (Lipinski definition) is 3. The van der Waals surface area contributed by atoms with Crippen LogP contribution in [-0.4, -0.2) is 23.7 Å². The molecule has 5 N–H and O–H groups in total. The number of rotatable bonds is 6. The number of nitrogen functional groups attached to an aromatic ring is 1. The van der Waals surface area contributed by atoms with Crippen LogP contribution in [0.1, 0.15) is 23.6 Å². The van der Waals surface area contributed by atoms with Gasteiger partial charge in [-0.05, 0) is 48.5 Å². The first-order valence-corrected chi connectivity index (χ1v) is 9.23. The Hall–Kier alpha value is -3.02. The molecule has 2 aromatic carbocycles. The number of nitrogens with two attached hydrogens (primary N) is 1. The highest BCUT2D eigenvalue weighted by Gasteiger charge is 2.38. The van der Waals surface area contributed by atoms with E-state index in [0.717, 1.165) is 12.1 Å². The molecule has 0 heterocycles. The predicted octanol–water partition coefficient (Wildman–Crippen LogP) is 4.38. The van der Waals surface area contributed by atoms with E-state index in [1.165, 1.54) is 12.1 Å². The second-order valence-electron chi connectivity index (χ2n) is 6.40. The molecule has 31 heavy (non-hydrogen) atoms. The van der Waals surface area contributed by atoms with Crippen molar-refractivity contribution in [3.8, 4) is 0 Å². The Labute approximate surface area is 179 Å². The minimum absolute atomic E-state index is 0.0116. The zero-order chi connectivity index (χ0) is 23.2. The molecule has 0 bridgehead atoms. The molecule has 0 spiro atoms. The molecule has 5 nitrogen and oxygen atoms in total. The highest BCUT2D eigenvalue weighted by Crippen LogP contribution is 2.31. The molecule has 1 unspecified atom stereocenters. The number of nitrogens with one attached hydrogen (secondary N) is 3. The second-order valence-corrected chi connectivity index (χ2v) is 6.81. The first-order chi connectivity index (χ1) is 14.4. The number of carbonyl (C=O) groups is 1. The summed E-state index contributed by atoms with van der Waals surface area (Å²) < 4.78 is 76.3. The Bertz CT molecular complexity index is 932. The summed E-state index contributed by atoms with van der Waals surface area (Å²) in [6.45, 7) is -0.456. The molecule has 168 valence electrons. The van der Waals surface area contributed by atoms with Gasteiger partial charge in [0.25, 0.3) is 0 Å². The predicted molar refractivity (Wildman–Crippen MR) is 108 cm³/mol. The average molecular weight is 464 g/mol. The standard InChI is InChI=1S/C19H18F6N4OS/c20-18(21,22)12-5-3-4-11(10-12)14(8-9-27-16(30)19(23,24)25)28-17(31)29-15-7-2-1-6-13(15)26/h1-7,10,14H,8-9,26H2,(H,27,30)(H2,28,29,31). The van der Waals surface area contributed by atoms with Gasteiger partial charge >= 0.3 is 18.3 Å². The Morgan fingerprint density at radius 2 is 1.71 bits per heavy atom. The molecule has 0 saturated heterocycles. The lowest BCUT2D eigenvalue weighted by molar-refractivity contribution is -0.173. The number of benzene rings is 2. The third-order valence-electron chi connectivity index (χ3n) is 4.11. The summed E-state index contributed by atoms with van der Waals surface area (Å²) in [6, 6.07) is 9.93. The number of anilines is 2. The molecule has 12 heteroatoms. The third kappa shape index (κ3) is 7.31. The van der Waals surface area contributed by atoms with Crippen LogP contribution in [0.5, 0.6) is 0 Å². The molecule has 2 aromatic rings. The van der Waals surface area contributed by atoms with Gasteiger partial charge in [-0.2, -0.15) is 26.3 Å². The maximum Gasteiger partial charge on any atom is 0.471 e. The number of carbonyl (C=O) groups excluding carboxylic acids is 1. The van der Waals surface area contributed by atoms with Gasteiger partial charge < -0.3 is 21.7 Å². The first-order valence-electron chi connectivity index (χ1n) is 8.82. The maximum atomic E-state index is 13.1. The summed E-state index contributed by atoms with van der Waals surface area (Å²) in [6.07, 6.45) is -9.85. The lowest BCUT2D eigenvalue weighted by atomic mass is 10.0. The molecule has 1 amide bonds. The Morgan fingerprint density at radius 1 is 1.03 bits per heavy atom. The van der Waals surface area contributed by atoms with Crippen LogP contribution in [0.2, 0.25) is 0 Å². The van der Waals surface area contributed by atoms with E-state index < -0.39 is 36.4 Å². The topological polar surface area (TPSA) is 79.2 Å². The SMILES string of the molecule is Nc1ccccc1NC(=S)NC(CCNC(=O)C(F)(F)F)c1cccc(C(F)(F)F)c1. The van der Waals surface area contributed by atoms with Crippen LogP contribution in [0.15, 0.2) is 48.5 Å². The van der Waals surface area contributed by atoms with Crippen molar-refractivity contribution < 1.29 is 31.1 Å². The summed E-state index contributed by atoms with van der Waals surface area (Å²) in [5.74, 6) is -2.15. The highest BCUT2D eigenvalue weighted by molar-refractivity contribution is 7.80. The lowest BCUT2D eigenvalue weighted by Crippen LogP contribution is -2.39. The molecular weight excluding hydrogens is 446 g/mol. The molecule has 0 aliphatic carbocycles. The fourth-order valence-electron chi connectivity index (χ4n) is 2.61. The number of para-hydroxylation sites is 2. The summed E-state index contributed by atoms with van der Waals surface area (Å²) in [5, 5.41) is 7.23. The third-order valence-corrected chi connectivity index (χ3v) is 4.33. The van der Waals surface area contributed by atoms with Crippen LogP contribution >= 0.6 is 12.2 Å². The van der Waals surface area contributed by atoms with E-state index >= 15 is 0 Å². The van der Waals surface area contributed by atoms with E-state index in [2.05, 4.69) is 10.6 Å².